The standard InChI is InChI=1S/C12H27N3O/c1-7-14-12(5,11(13)16)8-10(4)15(6)9(2)3/h9-10,14H,7-8H2,1-6H3,(H2,13,16). The van der Waals surface area contributed by atoms with Crippen LogP contribution in [0, 0.1) is 0 Å². The van der Waals surface area contributed by atoms with Crippen molar-refractivity contribution in [3.8, 4) is 0 Å². The number of carbonyl (C=O) groups excluding carboxylic acids is 1. The Labute approximate surface area is 99.6 Å². The molecule has 0 spiro atoms. The summed E-state index contributed by atoms with van der Waals surface area (Å²) in [5.41, 5.74) is 4.85. The van der Waals surface area contributed by atoms with E-state index in [9.17, 15) is 4.79 Å². The summed E-state index contributed by atoms with van der Waals surface area (Å²) in [6.07, 6.45) is 0.727. The molecule has 2 unspecified atom stereocenters. The van der Waals surface area contributed by atoms with Crippen molar-refractivity contribution in [1.82, 2.24) is 10.2 Å². The van der Waals surface area contributed by atoms with Crippen molar-refractivity contribution in [3.63, 3.8) is 0 Å². The Balaban J connectivity index is 4.57. The van der Waals surface area contributed by atoms with Gasteiger partial charge in [0.15, 0.2) is 0 Å². The molecule has 16 heavy (non-hydrogen) atoms. The van der Waals surface area contributed by atoms with Gasteiger partial charge in [0.25, 0.3) is 0 Å². The van der Waals surface area contributed by atoms with Gasteiger partial charge in [-0.1, -0.05) is 6.92 Å². The van der Waals surface area contributed by atoms with Gasteiger partial charge in [-0.2, -0.15) is 0 Å². The van der Waals surface area contributed by atoms with Gasteiger partial charge in [0, 0.05) is 12.1 Å². The predicted molar refractivity (Wildman–Crippen MR) is 68.3 cm³/mol. The van der Waals surface area contributed by atoms with Crippen molar-refractivity contribution >= 4 is 5.91 Å². The Morgan fingerprint density at radius 1 is 1.44 bits per heavy atom. The maximum absolute atomic E-state index is 11.5. The molecule has 0 saturated heterocycles. The predicted octanol–water partition coefficient (Wildman–Crippen LogP) is 0.959. The first-order valence-electron chi connectivity index (χ1n) is 6.01. The van der Waals surface area contributed by atoms with Crippen molar-refractivity contribution < 1.29 is 4.79 Å². The van der Waals surface area contributed by atoms with Gasteiger partial charge in [-0.15, -0.1) is 0 Å². The molecule has 0 saturated carbocycles. The van der Waals surface area contributed by atoms with Crippen LogP contribution in [-0.4, -0.2) is 42.0 Å². The van der Waals surface area contributed by atoms with Crippen molar-refractivity contribution in [1.29, 1.82) is 0 Å². The van der Waals surface area contributed by atoms with Gasteiger partial charge < -0.3 is 16.0 Å². The second kappa shape index (κ2) is 6.21. The van der Waals surface area contributed by atoms with Crippen LogP contribution < -0.4 is 11.1 Å². The molecule has 4 heteroatoms. The van der Waals surface area contributed by atoms with E-state index in [1.807, 2.05) is 13.8 Å². The van der Waals surface area contributed by atoms with Gasteiger partial charge in [0.2, 0.25) is 5.91 Å². The molecular weight excluding hydrogens is 202 g/mol. The van der Waals surface area contributed by atoms with Gasteiger partial charge in [-0.05, 0) is 47.7 Å². The molecule has 1 amide bonds. The molecule has 0 aliphatic carbocycles. The zero-order valence-corrected chi connectivity index (χ0v) is 11.5. The minimum atomic E-state index is -0.614. The first-order valence-corrected chi connectivity index (χ1v) is 6.01. The topological polar surface area (TPSA) is 58.4 Å². The number of nitrogens with zero attached hydrogens (tertiary/aromatic N) is 1. The van der Waals surface area contributed by atoms with Gasteiger partial charge in [0.05, 0.1) is 5.54 Å². The Kier molecular flexibility index (Phi) is 5.97. The van der Waals surface area contributed by atoms with Crippen LogP contribution in [-0.2, 0) is 4.79 Å². The molecular formula is C12H27N3O. The summed E-state index contributed by atoms with van der Waals surface area (Å²) in [5, 5.41) is 3.18. The van der Waals surface area contributed by atoms with Gasteiger partial charge >= 0.3 is 0 Å². The first kappa shape index (κ1) is 15.4. The van der Waals surface area contributed by atoms with E-state index in [1.165, 1.54) is 0 Å². The van der Waals surface area contributed by atoms with Crippen molar-refractivity contribution in [2.45, 2.75) is 58.7 Å². The quantitative estimate of drug-likeness (QED) is 0.683. The highest BCUT2D eigenvalue weighted by Gasteiger charge is 2.33. The van der Waals surface area contributed by atoms with E-state index in [0.717, 1.165) is 13.0 Å². The Bertz CT molecular complexity index is 230. The lowest BCUT2D eigenvalue weighted by Crippen LogP contribution is -2.56. The number of primary amides is 1. The number of carbonyl (C=O) groups is 1. The monoisotopic (exact) mass is 229 g/mol. The molecule has 0 aromatic carbocycles. The zero-order chi connectivity index (χ0) is 12.9. The summed E-state index contributed by atoms with van der Waals surface area (Å²) in [4.78, 5) is 13.7. The third-order valence-electron chi connectivity index (χ3n) is 3.32. The minimum Gasteiger partial charge on any atom is -0.368 e. The zero-order valence-electron chi connectivity index (χ0n) is 11.5. The summed E-state index contributed by atoms with van der Waals surface area (Å²) in [5.74, 6) is -0.279. The summed E-state index contributed by atoms with van der Waals surface area (Å²) in [6, 6.07) is 0.783. The van der Waals surface area contributed by atoms with E-state index in [-0.39, 0.29) is 5.91 Å². The molecule has 0 aromatic rings. The van der Waals surface area contributed by atoms with Crippen LogP contribution in [0.15, 0.2) is 0 Å². The van der Waals surface area contributed by atoms with E-state index in [0.29, 0.717) is 12.1 Å². The highest BCUT2D eigenvalue weighted by Crippen LogP contribution is 2.16. The lowest BCUT2D eigenvalue weighted by molar-refractivity contribution is -0.124. The van der Waals surface area contributed by atoms with Crippen LogP contribution >= 0.6 is 0 Å². The second-order valence-corrected chi connectivity index (χ2v) is 5.04. The van der Waals surface area contributed by atoms with E-state index >= 15 is 0 Å². The van der Waals surface area contributed by atoms with Gasteiger partial charge in [-0.25, -0.2) is 0 Å². The average Bonchev–Trinajstić information content (AvgIpc) is 2.16. The fourth-order valence-corrected chi connectivity index (χ4v) is 1.89. The largest absolute Gasteiger partial charge is 0.368 e. The second-order valence-electron chi connectivity index (χ2n) is 5.04. The number of hydrogen-bond donors (Lipinski definition) is 2. The molecule has 4 nitrogen and oxygen atoms in total. The molecule has 0 aliphatic rings. The number of amides is 1. The lowest BCUT2D eigenvalue weighted by Gasteiger charge is -2.35. The average molecular weight is 229 g/mol. The molecule has 0 rings (SSSR count). The molecule has 0 radical (unpaired) electrons. The maximum atomic E-state index is 11.5. The fourth-order valence-electron chi connectivity index (χ4n) is 1.89. The summed E-state index contributed by atoms with van der Waals surface area (Å²) < 4.78 is 0. The third-order valence-corrected chi connectivity index (χ3v) is 3.32. The molecule has 0 aromatic heterocycles. The highest BCUT2D eigenvalue weighted by molar-refractivity contribution is 5.84. The first-order chi connectivity index (χ1) is 7.24. The number of rotatable bonds is 7. The summed E-state index contributed by atoms with van der Waals surface area (Å²) >= 11 is 0. The lowest BCUT2D eigenvalue weighted by atomic mass is 9.91. The smallest absolute Gasteiger partial charge is 0.237 e. The summed E-state index contributed by atoms with van der Waals surface area (Å²) in [7, 11) is 2.07. The molecule has 0 heterocycles. The van der Waals surface area contributed by atoms with Crippen molar-refractivity contribution in [3.05, 3.63) is 0 Å². The fraction of sp³-hybridized carbons (Fsp3) is 0.917. The molecule has 96 valence electrons. The van der Waals surface area contributed by atoms with Gasteiger partial charge in [-0.3, -0.25) is 4.79 Å². The molecule has 2 atom stereocenters. The molecule has 0 aliphatic heterocycles. The van der Waals surface area contributed by atoms with E-state index in [2.05, 4.69) is 38.0 Å². The van der Waals surface area contributed by atoms with Crippen LogP contribution in [0.2, 0.25) is 0 Å². The molecule has 0 bridgehead atoms. The maximum Gasteiger partial charge on any atom is 0.237 e. The SMILES string of the molecule is CCNC(C)(CC(C)N(C)C(C)C)C(N)=O. The minimum absolute atomic E-state index is 0.279. The van der Waals surface area contributed by atoms with Crippen LogP contribution in [0.3, 0.4) is 0 Å². The highest BCUT2D eigenvalue weighted by atomic mass is 16.1. The van der Waals surface area contributed by atoms with E-state index in [1.54, 1.807) is 0 Å². The number of nitrogens with two attached hydrogens (primary N) is 1. The normalized spacial score (nSPS) is 17.5. The molecule has 3 N–H and O–H groups in total. The number of likely N-dealkylation sites (N-methyl/N-ethyl adjacent to an activating group) is 1. The van der Waals surface area contributed by atoms with Crippen LogP contribution in [0.4, 0.5) is 0 Å². The third kappa shape index (κ3) is 4.10. The Hall–Kier alpha value is -0.610. The Morgan fingerprint density at radius 2 is 1.94 bits per heavy atom. The van der Waals surface area contributed by atoms with Crippen molar-refractivity contribution in [2.24, 2.45) is 5.73 Å². The summed E-state index contributed by atoms with van der Waals surface area (Å²) in [6.45, 7) is 11.0. The van der Waals surface area contributed by atoms with Crippen LogP contribution in [0.25, 0.3) is 0 Å². The van der Waals surface area contributed by atoms with Crippen LogP contribution in [0.5, 0.6) is 0 Å². The number of nitrogens with one attached hydrogen (secondary N) is 1. The molecule has 0 fully saturated rings. The van der Waals surface area contributed by atoms with E-state index in [4.69, 9.17) is 5.73 Å². The Morgan fingerprint density at radius 3 is 2.25 bits per heavy atom. The van der Waals surface area contributed by atoms with Crippen LogP contribution in [0.1, 0.15) is 41.0 Å². The number of hydrogen-bond acceptors (Lipinski definition) is 3. The van der Waals surface area contributed by atoms with Gasteiger partial charge in [0.1, 0.15) is 0 Å². The van der Waals surface area contributed by atoms with Crippen molar-refractivity contribution in [2.75, 3.05) is 13.6 Å². The van der Waals surface area contributed by atoms with E-state index < -0.39 is 5.54 Å².